The quantitative estimate of drug-likeness (QED) is 0.923. The van der Waals surface area contributed by atoms with Crippen LogP contribution in [0.4, 0.5) is 4.39 Å². The van der Waals surface area contributed by atoms with Crippen LogP contribution in [0.5, 0.6) is 0 Å². The zero-order chi connectivity index (χ0) is 15.6. The molecule has 21 heavy (non-hydrogen) atoms. The van der Waals surface area contributed by atoms with Crippen LogP contribution in [0, 0.1) is 19.7 Å². The summed E-state index contributed by atoms with van der Waals surface area (Å²) < 4.78 is 13.4. The van der Waals surface area contributed by atoms with Crippen molar-refractivity contribution in [2.45, 2.75) is 46.2 Å². The van der Waals surface area contributed by atoms with Crippen LogP contribution in [0.25, 0.3) is 0 Å². The molecule has 0 amide bonds. The fourth-order valence-corrected chi connectivity index (χ4v) is 3.23. The number of rotatable bonds is 4. The maximum Gasteiger partial charge on any atom is 0.147 e. The van der Waals surface area contributed by atoms with Crippen LogP contribution in [0.15, 0.2) is 12.1 Å². The minimum Gasteiger partial charge on any atom is -0.312 e. The maximum absolute atomic E-state index is 13.4. The van der Waals surface area contributed by atoms with Gasteiger partial charge in [-0.2, -0.15) is 0 Å². The number of Topliss-reactive ketones (excluding diaryl/α,β-unsaturated/α-hetero) is 1. The van der Waals surface area contributed by atoms with Crippen LogP contribution in [-0.4, -0.2) is 42.4 Å². The van der Waals surface area contributed by atoms with Gasteiger partial charge in [-0.1, -0.05) is 0 Å². The van der Waals surface area contributed by atoms with E-state index in [4.69, 9.17) is 0 Å². The summed E-state index contributed by atoms with van der Waals surface area (Å²) in [6.07, 6.45) is 0.667. The molecule has 1 aromatic rings. The number of aryl methyl sites for hydroxylation is 2. The van der Waals surface area contributed by atoms with Gasteiger partial charge in [0.15, 0.2) is 0 Å². The molecule has 4 heteroatoms. The van der Waals surface area contributed by atoms with E-state index in [9.17, 15) is 9.18 Å². The van der Waals surface area contributed by atoms with Crippen LogP contribution in [0.2, 0.25) is 0 Å². The van der Waals surface area contributed by atoms with Crippen molar-refractivity contribution in [3.8, 4) is 0 Å². The highest BCUT2D eigenvalue weighted by Gasteiger charge is 2.27. The van der Waals surface area contributed by atoms with Crippen molar-refractivity contribution in [2.75, 3.05) is 19.6 Å². The molecule has 0 saturated carbocycles. The lowest BCUT2D eigenvalue weighted by molar-refractivity contribution is -0.122. The first-order valence-electron chi connectivity index (χ1n) is 7.62. The van der Waals surface area contributed by atoms with E-state index in [0.29, 0.717) is 12.5 Å². The van der Waals surface area contributed by atoms with E-state index in [0.717, 1.165) is 36.3 Å². The van der Waals surface area contributed by atoms with Gasteiger partial charge in [0.1, 0.15) is 11.6 Å². The summed E-state index contributed by atoms with van der Waals surface area (Å²) in [6.45, 7) is 10.3. The largest absolute Gasteiger partial charge is 0.312 e. The molecule has 1 aliphatic rings. The second-order valence-corrected chi connectivity index (χ2v) is 6.20. The number of hydrogen-bond donors (Lipinski definition) is 1. The van der Waals surface area contributed by atoms with Gasteiger partial charge in [0, 0.05) is 25.7 Å². The molecule has 2 rings (SSSR count). The number of carbonyl (C=O) groups is 1. The fraction of sp³-hybridized carbons (Fsp3) is 0.588. The normalized spacial score (nSPS) is 21.3. The van der Waals surface area contributed by atoms with Crippen LogP contribution in [0.1, 0.15) is 30.5 Å². The van der Waals surface area contributed by atoms with Crippen molar-refractivity contribution in [1.29, 1.82) is 0 Å². The molecule has 0 aromatic heterocycles. The number of piperazine rings is 1. The molecular weight excluding hydrogens is 267 g/mol. The molecule has 2 atom stereocenters. The predicted molar refractivity (Wildman–Crippen MR) is 83.1 cm³/mol. The molecule has 0 unspecified atom stereocenters. The van der Waals surface area contributed by atoms with E-state index in [1.807, 2.05) is 13.8 Å². The standard InChI is InChI=1S/C17H25FN2O/c1-11-7-15(18)8-12(2)16(11)9-17(14(4)21)20-6-5-19-13(3)10-20/h7-8,13,17,19H,5-6,9-10H2,1-4H3/t13-,17-/m0/s1. The lowest BCUT2D eigenvalue weighted by Gasteiger charge is -2.37. The van der Waals surface area contributed by atoms with E-state index < -0.39 is 0 Å². The van der Waals surface area contributed by atoms with Gasteiger partial charge in [-0.15, -0.1) is 0 Å². The molecule has 116 valence electrons. The fourth-order valence-electron chi connectivity index (χ4n) is 3.23. The highest BCUT2D eigenvalue weighted by atomic mass is 19.1. The zero-order valence-corrected chi connectivity index (χ0v) is 13.4. The Balaban J connectivity index is 2.23. The SMILES string of the molecule is CC(=O)[C@H](Cc1c(C)cc(F)cc1C)N1CCN[C@@H](C)C1. The molecule has 0 bridgehead atoms. The Morgan fingerprint density at radius 3 is 2.57 bits per heavy atom. The van der Waals surface area contributed by atoms with Crippen molar-refractivity contribution in [3.05, 3.63) is 34.6 Å². The zero-order valence-electron chi connectivity index (χ0n) is 13.4. The van der Waals surface area contributed by atoms with E-state index in [-0.39, 0.29) is 17.6 Å². The summed E-state index contributed by atoms with van der Waals surface area (Å²) in [6, 6.07) is 3.40. The average Bonchev–Trinajstić information content (AvgIpc) is 2.37. The van der Waals surface area contributed by atoms with E-state index in [2.05, 4.69) is 17.1 Å². The van der Waals surface area contributed by atoms with Crippen LogP contribution < -0.4 is 5.32 Å². The van der Waals surface area contributed by atoms with Crippen molar-refractivity contribution in [1.82, 2.24) is 10.2 Å². The second-order valence-electron chi connectivity index (χ2n) is 6.20. The Morgan fingerprint density at radius 2 is 2.05 bits per heavy atom. The van der Waals surface area contributed by atoms with Crippen LogP contribution in [0.3, 0.4) is 0 Å². The third kappa shape index (κ3) is 3.89. The molecule has 1 aliphatic heterocycles. The van der Waals surface area contributed by atoms with Gasteiger partial charge in [-0.25, -0.2) is 4.39 Å². The number of nitrogens with one attached hydrogen (secondary N) is 1. The Morgan fingerprint density at radius 1 is 1.43 bits per heavy atom. The number of nitrogens with zero attached hydrogens (tertiary/aromatic N) is 1. The third-order valence-corrected chi connectivity index (χ3v) is 4.37. The van der Waals surface area contributed by atoms with Gasteiger partial charge in [-0.3, -0.25) is 9.69 Å². The van der Waals surface area contributed by atoms with Gasteiger partial charge in [-0.05, 0) is 62.9 Å². The minimum atomic E-state index is -0.205. The highest BCUT2D eigenvalue weighted by Crippen LogP contribution is 2.20. The van der Waals surface area contributed by atoms with E-state index >= 15 is 0 Å². The first kappa shape index (κ1) is 16.1. The Hall–Kier alpha value is -1.26. The van der Waals surface area contributed by atoms with Crippen molar-refractivity contribution >= 4 is 5.78 Å². The molecule has 1 fully saturated rings. The van der Waals surface area contributed by atoms with Crippen molar-refractivity contribution < 1.29 is 9.18 Å². The average molecular weight is 292 g/mol. The summed E-state index contributed by atoms with van der Waals surface area (Å²) in [5.41, 5.74) is 2.96. The summed E-state index contributed by atoms with van der Waals surface area (Å²) in [4.78, 5) is 14.4. The molecule has 0 aliphatic carbocycles. The monoisotopic (exact) mass is 292 g/mol. The van der Waals surface area contributed by atoms with E-state index in [1.54, 1.807) is 19.1 Å². The summed E-state index contributed by atoms with van der Waals surface area (Å²) >= 11 is 0. The smallest absolute Gasteiger partial charge is 0.147 e. The molecule has 1 N–H and O–H groups in total. The van der Waals surface area contributed by atoms with Gasteiger partial charge in [0.05, 0.1) is 6.04 Å². The Labute approximate surface area is 126 Å². The van der Waals surface area contributed by atoms with Gasteiger partial charge < -0.3 is 5.32 Å². The van der Waals surface area contributed by atoms with Gasteiger partial charge in [0.2, 0.25) is 0 Å². The predicted octanol–water partition coefficient (Wildman–Crippen LogP) is 2.24. The molecule has 1 saturated heterocycles. The Kier molecular flexibility index (Phi) is 5.12. The first-order valence-corrected chi connectivity index (χ1v) is 7.62. The number of benzene rings is 1. The number of carbonyl (C=O) groups excluding carboxylic acids is 1. The molecule has 3 nitrogen and oxygen atoms in total. The maximum atomic E-state index is 13.4. The summed E-state index contributed by atoms with van der Waals surface area (Å²) in [7, 11) is 0. The van der Waals surface area contributed by atoms with Crippen LogP contribution in [-0.2, 0) is 11.2 Å². The van der Waals surface area contributed by atoms with Gasteiger partial charge >= 0.3 is 0 Å². The number of ketones is 1. The van der Waals surface area contributed by atoms with E-state index in [1.165, 1.54) is 0 Å². The van der Waals surface area contributed by atoms with Crippen molar-refractivity contribution in [2.24, 2.45) is 0 Å². The van der Waals surface area contributed by atoms with Crippen LogP contribution >= 0.6 is 0 Å². The third-order valence-electron chi connectivity index (χ3n) is 4.37. The minimum absolute atomic E-state index is 0.114. The first-order chi connectivity index (χ1) is 9.88. The van der Waals surface area contributed by atoms with Crippen molar-refractivity contribution in [3.63, 3.8) is 0 Å². The Bertz CT molecular complexity index is 507. The lowest BCUT2D eigenvalue weighted by atomic mass is 9.93. The topological polar surface area (TPSA) is 32.3 Å². The summed E-state index contributed by atoms with van der Waals surface area (Å²) in [5.74, 6) is -0.0175. The summed E-state index contributed by atoms with van der Waals surface area (Å²) in [5, 5.41) is 3.40. The molecule has 1 heterocycles. The van der Waals surface area contributed by atoms with Gasteiger partial charge in [0.25, 0.3) is 0 Å². The highest BCUT2D eigenvalue weighted by molar-refractivity contribution is 5.82. The molecule has 0 radical (unpaired) electrons. The lowest BCUT2D eigenvalue weighted by Crippen LogP contribution is -2.55. The number of hydrogen-bond acceptors (Lipinski definition) is 3. The second kappa shape index (κ2) is 6.67. The molecule has 0 spiro atoms. The molecule has 1 aromatic carbocycles. The number of halogens is 1. The molecular formula is C17H25FN2O.